The van der Waals surface area contributed by atoms with Crippen molar-refractivity contribution in [3.05, 3.63) is 60.9 Å². The molecule has 0 aliphatic rings. The summed E-state index contributed by atoms with van der Waals surface area (Å²) in [5, 5.41) is 9.48. The van der Waals surface area contributed by atoms with Crippen LogP contribution in [0.25, 0.3) is 11.6 Å². The Labute approximate surface area is 155 Å². The maximum Gasteiger partial charge on any atom is 0.140 e. The summed E-state index contributed by atoms with van der Waals surface area (Å²) >= 11 is 10.4. The lowest BCUT2D eigenvalue weighted by atomic mass is 10.0. The van der Waals surface area contributed by atoms with Crippen molar-refractivity contribution in [3.8, 4) is 11.8 Å². The van der Waals surface area contributed by atoms with Gasteiger partial charge in [0, 0.05) is 14.5 Å². The van der Waals surface area contributed by atoms with Crippen LogP contribution in [0.15, 0.2) is 49.8 Å². The number of allylic oxidation sites excluding steroid dienone is 1. The van der Waals surface area contributed by atoms with Crippen LogP contribution in [0.2, 0.25) is 0 Å². The van der Waals surface area contributed by atoms with E-state index in [1.165, 1.54) is 0 Å². The van der Waals surface area contributed by atoms with Gasteiger partial charge in [0.2, 0.25) is 0 Å². The minimum absolute atomic E-state index is 0.557. The zero-order valence-electron chi connectivity index (χ0n) is 11.7. The molecule has 0 bridgehead atoms. The van der Waals surface area contributed by atoms with E-state index in [1.807, 2.05) is 49.4 Å². The molecule has 0 saturated carbocycles. The van der Waals surface area contributed by atoms with E-state index in [4.69, 9.17) is 4.74 Å². The number of halogens is 3. The van der Waals surface area contributed by atoms with Crippen molar-refractivity contribution in [2.24, 2.45) is 0 Å². The standard InChI is InChI=1S/C17H12Br3NO/c1-2-22-17-12(8-15(19)9-16(17)20)7-13(10-21)11-3-5-14(18)6-4-11/h3-9H,2H2,1H3/b13-7+. The fourth-order valence-electron chi connectivity index (χ4n) is 1.95. The van der Waals surface area contributed by atoms with Crippen LogP contribution in [0.5, 0.6) is 5.75 Å². The first-order chi connectivity index (χ1) is 10.5. The second-order valence-corrected chi connectivity index (χ2v) is 7.10. The Morgan fingerprint density at radius 3 is 2.41 bits per heavy atom. The average molecular weight is 486 g/mol. The summed E-state index contributed by atoms with van der Waals surface area (Å²) in [5.41, 5.74) is 2.30. The zero-order chi connectivity index (χ0) is 16.1. The third kappa shape index (κ3) is 4.22. The van der Waals surface area contributed by atoms with Crippen molar-refractivity contribution in [3.63, 3.8) is 0 Å². The molecule has 2 nitrogen and oxygen atoms in total. The molecule has 2 aromatic rings. The van der Waals surface area contributed by atoms with E-state index in [0.717, 1.165) is 30.3 Å². The van der Waals surface area contributed by atoms with Gasteiger partial charge >= 0.3 is 0 Å². The van der Waals surface area contributed by atoms with Crippen LogP contribution in [0.1, 0.15) is 18.1 Å². The monoisotopic (exact) mass is 483 g/mol. The van der Waals surface area contributed by atoms with Gasteiger partial charge in [0.05, 0.1) is 22.7 Å². The Morgan fingerprint density at radius 2 is 1.82 bits per heavy atom. The largest absolute Gasteiger partial charge is 0.492 e. The third-order valence-electron chi connectivity index (χ3n) is 2.90. The molecule has 0 aliphatic carbocycles. The molecule has 2 aromatic carbocycles. The van der Waals surface area contributed by atoms with E-state index >= 15 is 0 Å². The van der Waals surface area contributed by atoms with Gasteiger partial charge in [-0.2, -0.15) is 5.26 Å². The first-order valence-electron chi connectivity index (χ1n) is 6.54. The average Bonchev–Trinajstić information content (AvgIpc) is 2.49. The number of rotatable bonds is 4. The Morgan fingerprint density at radius 1 is 1.14 bits per heavy atom. The number of hydrogen-bond acceptors (Lipinski definition) is 2. The SMILES string of the molecule is CCOc1c(Br)cc(Br)cc1/C=C(\C#N)c1ccc(Br)cc1. The van der Waals surface area contributed by atoms with Gasteiger partial charge in [-0.3, -0.25) is 0 Å². The van der Waals surface area contributed by atoms with Gasteiger partial charge in [-0.25, -0.2) is 0 Å². The number of hydrogen-bond donors (Lipinski definition) is 0. The molecule has 0 unspecified atom stereocenters. The van der Waals surface area contributed by atoms with Crippen LogP contribution >= 0.6 is 47.8 Å². The molecule has 112 valence electrons. The molecule has 0 aliphatic heterocycles. The summed E-state index contributed by atoms with van der Waals surface area (Å²) in [4.78, 5) is 0. The number of nitriles is 1. The second-order valence-electron chi connectivity index (χ2n) is 4.42. The number of benzene rings is 2. The minimum Gasteiger partial charge on any atom is -0.492 e. The number of nitrogens with zero attached hydrogens (tertiary/aromatic N) is 1. The van der Waals surface area contributed by atoms with Gasteiger partial charge in [-0.1, -0.05) is 44.0 Å². The van der Waals surface area contributed by atoms with Gasteiger partial charge in [0.15, 0.2) is 0 Å². The molecule has 0 fully saturated rings. The Hall–Kier alpha value is -1.09. The Kier molecular flexibility index (Phi) is 6.25. The van der Waals surface area contributed by atoms with Crippen molar-refractivity contribution in [2.45, 2.75) is 6.92 Å². The maximum atomic E-state index is 9.48. The summed E-state index contributed by atoms with van der Waals surface area (Å²) < 4.78 is 8.44. The van der Waals surface area contributed by atoms with Gasteiger partial charge in [-0.05, 0) is 58.8 Å². The van der Waals surface area contributed by atoms with E-state index in [0.29, 0.717) is 12.2 Å². The molecule has 0 saturated heterocycles. The first-order valence-corrected chi connectivity index (χ1v) is 8.92. The van der Waals surface area contributed by atoms with Crippen LogP contribution in [-0.4, -0.2) is 6.61 Å². The number of ether oxygens (including phenoxy) is 1. The molecular formula is C17H12Br3NO. The summed E-state index contributed by atoms with van der Waals surface area (Å²) in [6.45, 7) is 2.49. The van der Waals surface area contributed by atoms with Gasteiger partial charge in [-0.15, -0.1) is 0 Å². The van der Waals surface area contributed by atoms with Crippen LogP contribution in [0.3, 0.4) is 0 Å². The normalized spacial score (nSPS) is 11.1. The summed E-state index contributed by atoms with van der Waals surface area (Å²) in [5.74, 6) is 0.732. The third-order valence-corrected chi connectivity index (χ3v) is 4.48. The van der Waals surface area contributed by atoms with E-state index in [-0.39, 0.29) is 0 Å². The van der Waals surface area contributed by atoms with E-state index in [9.17, 15) is 5.26 Å². The molecule has 22 heavy (non-hydrogen) atoms. The van der Waals surface area contributed by atoms with Gasteiger partial charge < -0.3 is 4.74 Å². The predicted molar refractivity (Wildman–Crippen MR) is 101 cm³/mol. The van der Waals surface area contributed by atoms with E-state index in [1.54, 1.807) is 0 Å². The van der Waals surface area contributed by atoms with Gasteiger partial charge in [0.1, 0.15) is 5.75 Å². The fraction of sp³-hybridized carbons (Fsp3) is 0.118. The smallest absolute Gasteiger partial charge is 0.140 e. The van der Waals surface area contributed by atoms with Crippen molar-refractivity contribution in [1.29, 1.82) is 5.26 Å². The van der Waals surface area contributed by atoms with Crippen molar-refractivity contribution >= 4 is 59.4 Å². The highest BCUT2D eigenvalue weighted by atomic mass is 79.9. The van der Waals surface area contributed by atoms with Crippen LogP contribution in [-0.2, 0) is 0 Å². The molecule has 0 N–H and O–H groups in total. The molecule has 0 amide bonds. The topological polar surface area (TPSA) is 33.0 Å². The zero-order valence-corrected chi connectivity index (χ0v) is 16.5. The van der Waals surface area contributed by atoms with Crippen LogP contribution in [0.4, 0.5) is 0 Å². The molecule has 5 heteroatoms. The second kappa shape index (κ2) is 7.96. The summed E-state index contributed by atoms with van der Waals surface area (Å²) in [7, 11) is 0. The lowest BCUT2D eigenvalue weighted by Crippen LogP contribution is -1.96. The first kappa shape index (κ1) is 17.3. The molecule has 0 atom stereocenters. The highest BCUT2D eigenvalue weighted by Crippen LogP contribution is 2.35. The highest BCUT2D eigenvalue weighted by Gasteiger charge is 2.10. The van der Waals surface area contributed by atoms with Crippen molar-refractivity contribution in [2.75, 3.05) is 6.61 Å². The van der Waals surface area contributed by atoms with Crippen LogP contribution < -0.4 is 4.74 Å². The lowest BCUT2D eigenvalue weighted by molar-refractivity contribution is 0.337. The van der Waals surface area contributed by atoms with E-state index < -0.39 is 0 Å². The minimum atomic E-state index is 0.557. The maximum absolute atomic E-state index is 9.48. The van der Waals surface area contributed by atoms with Gasteiger partial charge in [0.25, 0.3) is 0 Å². The molecule has 0 spiro atoms. The predicted octanol–water partition coefficient (Wildman–Crippen LogP) is 6.44. The van der Waals surface area contributed by atoms with Crippen molar-refractivity contribution < 1.29 is 4.74 Å². The van der Waals surface area contributed by atoms with E-state index in [2.05, 4.69) is 53.9 Å². The molecule has 0 heterocycles. The quantitative estimate of drug-likeness (QED) is 0.369. The van der Waals surface area contributed by atoms with Crippen molar-refractivity contribution in [1.82, 2.24) is 0 Å². The van der Waals surface area contributed by atoms with Crippen LogP contribution in [0, 0.1) is 11.3 Å². The highest BCUT2D eigenvalue weighted by molar-refractivity contribution is 9.11. The molecular weight excluding hydrogens is 474 g/mol. The molecule has 0 radical (unpaired) electrons. The lowest BCUT2D eigenvalue weighted by Gasteiger charge is -2.11. The summed E-state index contributed by atoms with van der Waals surface area (Å²) in [6, 6.07) is 13.8. The Bertz CT molecular complexity index is 746. The summed E-state index contributed by atoms with van der Waals surface area (Å²) in [6.07, 6.45) is 1.84. The molecule has 0 aromatic heterocycles. The Balaban J connectivity index is 2.54. The fourth-order valence-corrected chi connectivity index (χ4v) is 3.59. The molecule has 2 rings (SSSR count).